The standard InChI is InChI=1S/C25H28Cl2N2O2.ClH/c1-29(2,21-6-4-3-5-7-21)15-17-8-10-20(11-9-17)28-25(30)18-12-22-23(27)13-19(26)14-24(22)31-16-18;/h8-14,21H,3-7,15-16H2,1-2H3;1H. The minimum absolute atomic E-state index is 0. The molecule has 1 aliphatic carbocycles. The molecule has 1 N–H and O–H groups in total. The highest BCUT2D eigenvalue weighted by Gasteiger charge is 2.29. The second-order valence-corrected chi connectivity index (χ2v) is 9.98. The Balaban J connectivity index is 0.00000289. The number of halogens is 3. The maximum Gasteiger partial charge on any atom is 0.255 e. The van der Waals surface area contributed by atoms with E-state index >= 15 is 0 Å². The minimum Gasteiger partial charge on any atom is -1.00 e. The van der Waals surface area contributed by atoms with Crippen LogP contribution in [0.4, 0.5) is 5.69 Å². The van der Waals surface area contributed by atoms with Crippen LogP contribution in [0.2, 0.25) is 10.0 Å². The lowest BCUT2D eigenvalue weighted by Crippen LogP contribution is -3.00. The number of rotatable bonds is 5. The smallest absolute Gasteiger partial charge is 0.255 e. The van der Waals surface area contributed by atoms with Gasteiger partial charge < -0.3 is 26.9 Å². The van der Waals surface area contributed by atoms with Crippen LogP contribution in [0.15, 0.2) is 42.0 Å². The van der Waals surface area contributed by atoms with Crippen molar-refractivity contribution in [2.45, 2.75) is 44.7 Å². The number of carbonyl (C=O) groups is 1. The first kappa shape index (κ1) is 24.9. The topological polar surface area (TPSA) is 38.3 Å². The zero-order valence-corrected chi connectivity index (χ0v) is 20.7. The highest BCUT2D eigenvalue weighted by Crippen LogP contribution is 2.35. The molecule has 4 rings (SSSR count). The second kappa shape index (κ2) is 10.5. The fourth-order valence-electron chi connectivity index (χ4n) is 4.61. The maximum atomic E-state index is 12.7. The van der Waals surface area contributed by atoms with Crippen LogP contribution in [0.5, 0.6) is 5.75 Å². The van der Waals surface area contributed by atoms with Crippen LogP contribution in [0.3, 0.4) is 0 Å². The van der Waals surface area contributed by atoms with E-state index in [1.807, 2.05) is 12.1 Å². The van der Waals surface area contributed by atoms with E-state index < -0.39 is 0 Å². The molecule has 2 aromatic carbocycles. The number of benzene rings is 2. The second-order valence-electron chi connectivity index (χ2n) is 9.14. The fraction of sp³-hybridized carbons (Fsp3) is 0.400. The number of nitrogens with zero attached hydrogens (tertiary/aromatic N) is 1. The highest BCUT2D eigenvalue weighted by atomic mass is 35.5. The fourth-order valence-corrected chi connectivity index (χ4v) is 5.14. The molecule has 1 fully saturated rings. The number of hydrogen-bond donors (Lipinski definition) is 1. The van der Waals surface area contributed by atoms with Crippen LogP contribution in [0, 0.1) is 0 Å². The average Bonchev–Trinajstić information content (AvgIpc) is 2.75. The van der Waals surface area contributed by atoms with Crippen LogP contribution in [0.1, 0.15) is 43.2 Å². The minimum atomic E-state index is -0.192. The first-order valence-corrected chi connectivity index (χ1v) is 11.6. The number of amides is 1. The Morgan fingerprint density at radius 3 is 2.47 bits per heavy atom. The molecule has 2 aromatic rings. The van der Waals surface area contributed by atoms with Crippen molar-refractivity contribution in [2.75, 3.05) is 26.0 Å². The van der Waals surface area contributed by atoms with E-state index in [-0.39, 0.29) is 24.9 Å². The molecule has 172 valence electrons. The number of fused-ring (bicyclic) bond motifs is 1. The van der Waals surface area contributed by atoms with Crippen molar-refractivity contribution in [3.8, 4) is 5.75 Å². The Labute approximate surface area is 206 Å². The number of anilines is 1. The van der Waals surface area contributed by atoms with Crippen LogP contribution < -0.4 is 22.5 Å². The van der Waals surface area contributed by atoms with Gasteiger partial charge in [0.1, 0.15) is 18.9 Å². The van der Waals surface area contributed by atoms with Crippen LogP contribution in [0.25, 0.3) is 6.08 Å². The Morgan fingerprint density at radius 2 is 1.78 bits per heavy atom. The van der Waals surface area contributed by atoms with Gasteiger partial charge in [0.15, 0.2) is 0 Å². The lowest BCUT2D eigenvalue weighted by Gasteiger charge is -2.40. The Hall–Kier alpha value is -1.72. The van der Waals surface area contributed by atoms with E-state index in [9.17, 15) is 4.79 Å². The number of quaternary nitrogens is 1. The summed E-state index contributed by atoms with van der Waals surface area (Å²) >= 11 is 12.3. The molecule has 1 saturated carbocycles. The van der Waals surface area contributed by atoms with E-state index in [0.717, 1.165) is 22.8 Å². The molecular weight excluding hydrogens is 467 g/mol. The molecule has 7 heteroatoms. The molecule has 0 unspecified atom stereocenters. The van der Waals surface area contributed by atoms with E-state index in [4.69, 9.17) is 27.9 Å². The number of ether oxygens (including phenoxy) is 1. The number of nitrogens with one attached hydrogen (secondary N) is 1. The first-order valence-electron chi connectivity index (χ1n) is 10.9. The summed E-state index contributed by atoms with van der Waals surface area (Å²) in [5, 5.41) is 3.94. The molecule has 1 heterocycles. The molecule has 0 aromatic heterocycles. The predicted molar refractivity (Wildman–Crippen MR) is 128 cm³/mol. The van der Waals surface area contributed by atoms with Gasteiger partial charge in [0.05, 0.1) is 30.7 Å². The third-order valence-corrected chi connectivity index (χ3v) is 6.95. The first-order chi connectivity index (χ1) is 14.8. The predicted octanol–water partition coefficient (Wildman–Crippen LogP) is 3.32. The van der Waals surface area contributed by atoms with Crippen molar-refractivity contribution in [3.05, 3.63) is 63.1 Å². The maximum absolute atomic E-state index is 12.7. The summed E-state index contributed by atoms with van der Waals surface area (Å²) in [7, 11) is 4.66. The van der Waals surface area contributed by atoms with Gasteiger partial charge in [0.2, 0.25) is 0 Å². The molecule has 4 nitrogen and oxygen atoms in total. The van der Waals surface area contributed by atoms with Gasteiger partial charge in [0.25, 0.3) is 5.91 Å². The van der Waals surface area contributed by atoms with Gasteiger partial charge in [-0.05, 0) is 56.0 Å². The van der Waals surface area contributed by atoms with Crippen LogP contribution in [-0.4, -0.2) is 37.1 Å². The molecule has 0 saturated heterocycles. The zero-order chi connectivity index (χ0) is 22.0. The van der Waals surface area contributed by atoms with Gasteiger partial charge in [-0.1, -0.05) is 41.8 Å². The van der Waals surface area contributed by atoms with Crippen molar-refractivity contribution < 1.29 is 26.4 Å². The van der Waals surface area contributed by atoms with Gasteiger partial charge in [-0.15, -0.1) is 0 Å². The molecule has 1 amide bonds. The molecule has 32 heavy (non-hydrogen) atoms. The van der Waals surface area contributed by atoms with Gasteiger partial charge >= 0.3 is 0 Å². The van der Waals surface area contributed by atoms with Crippen molar-refractivity contribution in [2.24, 2.45) is 0 Å². The SMILES string of the molecule is C[N+](C)(Cc1ccc(NC(=O)C2=Cc3c(Cl)cc(Cl)cc3OC2)cc1)C1CCCCC1.[Cl-]. The zero-order valence-electron chi connectivity index (χ0n) is 18.5. The van der Waals surface area contributed by atoms with Gasteiger partial charge in [0, 0.05) is 21.8 Å². The Kier molecular flexibility index (Phi) is 8.16. The summed E-state index contributed by atoms with van der Waals surface area (Å²) < 4.78 is 6.70. The van der Waals surface area contributed by atoms with Crippen molar-refractivity contribution in [3.63, 3.8) is 0 Å². The van der Waals surface area contributed by atoms with Gasteiger partial charge in [-0.2, -0.15) is 0 Å². The van der Waals surface area contributed by atoms with Gasteiger partial charge in [-0.25, -0.2) is 0 Å². The molecule has 0 radical (unpaired) electrons. The third kappa shape index (κ3) is 5.79. The summed E-state index contributed by atoms with van der Waals surface area (Å²) in [4.78, 5) is 12.7. The van der Waals surface area contributed by atoms with Crippen molar-refractivity contribution >= 4 is 40.9 Å². The summed E-state index contributed by atoms with van der Waals surface area (Å²) in [5.41, 5.74) is 3.26. The number of carbonyl (C=O) groups excluding carboxylic acids is 1. The van der Waals surface area contributed by atoms with Crippen LogP contribution >= 0.6 is 23.2 Å². The Bertz CT molecular complexity index is 997. The molecule has 0 bridgehead atoms. The number of hydrogen-bond acceptors (Lipinski definition) is 2. The summed E-state index contributed by atoms with van der Waals surface area (Å²) in [6, 6.07) is 12.2. The highest BCUT2D eigenvalue weighted by molar-refractivity contribution is 6.36. The van der Waals surface area contributed by atoms with Crippen LogP contribution in [-0.2, 0) is 11.3 Å². The van der Waals surface area contributed by atoms with Crippen molar-refractivity contribution in [1.29, 1.82) is 0 Å². The molecule has 1 aliphatic heterocycles. The monoisotopic (exact) mass is 494 g/mol. The lowest BCUT2D eigenvalue weighted by molar-refractivity contribution is -0.929. The summed E-state index contributed by atoms with van der Waals surface area (Å²) in [6.07, 6.45) is 8.47. The molecule has 0 spiro atoms. The summed E-state index contributed by atoms with van der Waals surface area (Å²) in [5.74, 6) is 0.403. The largest absolute Gasteiger partial charge is 1.00 e. The van der Waals surface area contributed by atoms with Crippen molar-refractivity contribution in [1.82, 2.24) is 0 Å². The third-order valence-electron chi connectivity index (χ3n) is 6.41. The van der Waals surface area contributed by atoms with E-state index in [0.29, 0.717) is 26.9 Å². The average molecular weight is 496 g/mol. The Morgan fingerprint density at radius 1 is 1.09 bits per heavy atom. The normalized spacial score (nSPS) is 16.3. The van der Waals surface area contributed by atoms with E-state index in [1.165, 1.54) is 37.7 Å². The van der Waals surface area contributed by atoms with E-state index in [2.05, 4.69) is 31.5 Å². The molecular formula is C25H29Cl3N2O2. The summed E-state index contributed by atoms with van der Waals surface area (Å²) in [6.45, 7) is 1.18. The lowest BCUT2D eigenvalue weighted by atomic mass is 9.92. The molecule has 0 atom stereocenters. The van der Waals surface area contributed by atoms with E-state index in [1.54, 1.807) is 18.2 Å². The molecule has 2 aliphatic rings. The quantitative estimate of drug-likeness (QED) is 0.646. The van der Waals surface area contributed by atoms with Gasteiger partial charge in [-0.3, -0.25) is 4.79 Å².